The monoisotopic (exact) mass is 249 g/mol. The molecule has 1 N–H and O–H groups in total. The normalized spacial score (nSPS) is 10.7. The van der Waals surface area contributed by atoms with Gasteiger partial charge in [0.1, 0.15) is 0 Å². The molecule has 0 saturated carbocycles. The van der Waals surface area contributed by atoms with Crippen LogP contribution in [-0.2, 0) is 11.3 Å². The van der Waals surface area contributed by atoms with Crippen LogP contribution in [0.25, 0.3) is 0 Å². The highest BCUT2D eigenvalue weighted by molar-refractivity contribution is 5.77. The van der Waals surface area contributed by atoms with E-state index in [9.17, 15) is 4.79 Å². The van der Waals surface area contributed by atoms with E-state index in [-0.39, 0.29) is 5.91 Å². The van der Waals surface area contributed by atoms with Gasteiger partial charge in [-0.1, -0.05) is 30.3 Å². The number of likely N-dealkylation sites (N-methyl/N-ethyl adjacent to an activating group) is 3. The second-order valence-electron chi connectivity index (χ2n) is 4.58. The highest BCUT2D eigenvalue weighted by Gasteiger charge is 2.11. The molecular weight excluding hydrogens is 226 g/mol. The molecule has 0 saturated heterocycles. The van der Waals surface area contributed by atoms with Gasteiger partial charge < -0.3 is 10.2 Å². The van der Waals surface area contributed by atoms with Crippen molar-refractivity contribution in [1.29, 1.82) is 0 Å². The third-order valence-electron chi connectivity index (χ3n) is 2.82. The van der Waals surface area contributed by atoms with Crippen molar-refractivity contribution >= 4 is 5.91 Å². The first-order chi connectivity index (χ1) is 8.63. The predicted molar refractivity (Wildman–Crippen MR) is 74.3 cm³/mol. The second-order valence-corrected chi connectivity index (χ2v) is 4.58. The van der Waals surface area contributed by atoms with E-state index in [2.05, 4.69) is 17.4 Å². The summed E-state index contributed by atoms with van der Waals surface area (Å²) in [5.74, 6) is 0.156. The second kappa shape index (κ2) is 7.84. The first kappa shape index (κ1) is 14.7. The van der Waals surface area contributed by atoms with E-state index >= 15 is 0 Å². The summed E-state index contributed by atoms with van der Waals surface area (Å²) in [6, 6.07) is 10.2. The van der Waals surface area contributed by atoms with Gasteiger partial charge >= 0.3 is 0 Å². The van der Waals surface area contributed by atoms with Crippen LogP contribution in [0.15, 0.2) is 30.3 Å². The average molecular weight is 249 g/mol. The van der Waals surface area contributed by atoms with Gasteiger partial charge in [0.25, 0.3) is 0 Å². The summed E-state index contributed by atoms with van der Waals surface area (Å²) in [5.41, 5.74) is 1.23. The minimum absolute atomic E-state index is 0.156. The maximum absolute atomic E-state index is 11.9. The molecule has 1 aromatic rings. The Bertz CT molecular complexity index is 353. The summed E-state index contributed by atoms with van der Waals surface area (Å²) in [7, 11) is 5.70. The number of rotatable bonds is 7. The SMILES string of the molecule is CNCCN(C)C(=O)CN(C)Cc1ccccc1. The summed E-state index contributed by atoms with van der Waals surface area (Å²) < 4.78 is 0. The van der Waals surface area contributed by atoms with E-state index in [4.69, 9.17) is 0 Å². The van der Waals surface area contributed by atoms with Crippen LogP contribution in [0.5, 0.6) is 0 Å². The molecule has 0 aliphatic rings. The quantitative estimate of drug-likeness (QED) is 0.776. The number of hydrogen-bond acceptors (Lipinski definition) is 3. The summed E-state index contributed by atoms with van der Waals surface area (Å²) in [6.07, 6.45) is 0. The molecule has 0 atom stereocenters. The zero-order valence-corrected chi connectivity index (χ0v) is 11.5. The van der Waals surface area contributed by atoms with Crippen LogP contribution in [0.1, 0.15) is 5.56 Å². The van der Waals surface area contributed by atoms with Gasteiger partial charge in [-0.25, -0.2) is 0 Å². The number of benzene rings is 1. The Morgan fingerprint density at radius 2 is 1.89 bits per heavy atom. The van der Waals surface area contributed by atoms with Crippen molar-refractivity contribution in [2.45, 2.75) is 6.54 Å². The van der Waals surface area contributed by atoms with Crippen LogP contribution in [0.4, 0.5) is 0 Å². The lowest BCUT2D eigenvalue weighted by atomic mass is 10.2. The number of nitrogens with zero attached hydrogens (tertiary/aromatic N) is 2. The van der Waals surface area contributed by atoms with Gasteiger partial charge in [-0.3, -0.25) is 9.69 Å². The third-order valence-corrected chi connectivity index (χ3v) is 2.82. The standard InChI is InChI=1S/C14H23N3O/c1-15-9-10-17(3)14(18)12-16(2)11-13-7-5-4-6-8-13/h4-8,15H,9-12H2,1-3H3. The van der Waals surface area contributed by atoms with Crippen molar-refractivity contribution < 1.29 is 4.79 Å². The number of hydrogen-bond donors (Lipinski definition) is 1. The largest absolute Gasteiger partial charge is 0.343 e. The molecule has 0 aromatic heterocycles. The highest BCUT2D eigenvalue weighted by Crippen LogP contribution is 2.02. The molecule has 1 amide bonds. The summed E-state index contributed by atoms with van der Waals surface area (Å²) in [6.45, 7) is 2.82. The topological polar surface area (TPSA) is 35.6 Å². The Morgan fingerprint density at radius 3 is 2.50 bits per heavy atom. The zero-order chi connectivity index (χ0) is 13.4. The molecule has 1 aromatic carbocycles. The molecule has 4 heteroatoms. The van der Waals surface area contributed by atoms with Crippen molar-refractivity contribution in [1.82, 2.24) is 15.1 Å². The van der Waals surface area contributed by atoms with Crippen molar-refractivity contribution in [2.75, 3.05) is 40.8 Å². The molecule has 1 rings (SSSR count). The summed E-state index contributed by atoms with van der Waals surface area (Å²) in [4.78, 5) is 15.7. The van der Waals surface area contributed by atoms with Crippen molar-refractivity contribution in [3.05, 3.63) is 35.9 Å². The molecule has 0 fully saturated rings. The van der Waals surface area contributed by atoms with E-state index in [0.717, 1.165) is 19.6 Å². The Kier molecular flexibility index (Phi) is 6.39. The van der Waals surface area contributed by atoms with Gasteiger partial charge in [-0.2, -0.15) is 0 Å². The van der Waals surface area contributed by atoms with Gasteiger partial charge in [0, 0.05) is 26.7 Å². The van der Waals surface area contributed by atoms with Crippen LogP contribution in [0.3, 0.4) is 0 Å². The number of nitrogens with one attached hydrogen (secondary N) is 1. The van der Waals surface area contributed by atoms with E-state index in [1.807, 2.05) is 44.2 Å². The van der Waals surface area contributed by atoms with Crippen LogP contribution in [-0.4, -0.2) is 56.5 Å². The minimum atomic E-state index is 0.156. The third kappa shape index (κ3) is 5.29. The molecule has 0 aliphatic carbocycles. The number of carbonyl (C=O) groups is 1. The summed E-state index contributed by atoms with van der Waals surface area (Å²) in [5, 5.41) is 3.04. The molecule has 18 heavy (non-hydrogen) atoms. The van der Waals surface area contributed by atoms with Gasteiger partial charge in [0.2, 0.25) is 5.91 Å². The fourth-order valence-electron chi connectivity index (χ4n) is 1.71. The molecule has 0 bridgehead atoms. The summed E-state index contributed by atoms with van der Waals surface area (Å²) >= 11 is 0. The predicted octanol–water partition coefficient (Wildman–Crippen LogP) is 0.796. The minimum Gasteiger partial charge on any atom is -0.343 e. The fraction of sp³-hybridized carbons (Fsp3) is 0.500. The average Bonchev–Trinajstić information content (AvgIpc) is 2.36. The highest BCUT2D eigenvalue weighted by atomic mass is 16.2. The van der Waals surface area contributed by atoms with Crippen molar-refractivity contribution in [2.24, 2.45) is 0 Å². The molecule has 0 heterocycles. The zero-order valence-electron chi connectivity index (χ0n) is 11.5. The maximum Gasteiger partial charge on any atom is 0.236 e. The van der Waals surface area contributed by atoms with Crippen molar-refractivity contribution in [3.63, 3.8) is 0 Å². The van der Waals surface area contributed by atoms with E-state index in [1.54, 1.807) is 4.90 Å². The molecule has 0 radical (unpaired) electrons. The molecule has 0 unspecified atom stereocenters. The van der Waals surface area contributed by atoms with Crippen LogP contribution < -0.4 is 5.32 Å². The van der Waals surface area contributed by atoms with Gasteiger partial charge in [0.15, 0.2) is 0 Å². The number of amides is 1. The first-order valence-corrected chi connectivity index (χ1v) is 6.24. The lowest BCUT2D eigenvalue weighted by Crippen LogP contribution is -2.39. The van der Waals surface area contributed by atoms with E-state index in [1.165, 1.54) is 5.56 Å². The van der Waals surface area contributed by atoms with Gasteiger partial charge in [-0.15, -0.1) is 0 Å². The van der Waals surface area contributed by atoms with Crippen LogP contribution in [0.2, 0.25) is 0 Å². The van der Waals surface area contributed by atoms with Crippen molar-refractivity contribution in [3.8, 4) is 0 Å². The van der Waals surface area contributed by atoms with Gasteiger partial charge in [-0.05, 0) is 19.7 Å². The van der Waals surface area contributed by atoms with Crippen LogP contribution >= 0.6 is 0 Å². The fourth-order valence-corrected chi connectivity index (χ4v) is 1.71. The molecule has 4 nitrogen and oxygen atoms in total. The first-order valence-electron chi connectivity index (χ1n) is 6.24. The molecule has 100 valence electrons. The number of carbonyl (C=O) groups excluding carboxylic acids is 1. The van der Waals surface area contributed by atoms with E-state index < -0.39 is 0 Å². The lowest BCUT2D eigenvalue weighted by Gasteiger charge is -2.21. The Labute approximate surface area is 110 Å². The molecule has 0 spiro atoms. The van der Waals surface area contributed by atoms with Gasteiger partial charge in [0.05, 0.1) is 6.54 Å². The Hall–Kier alpha value is -1.39. The van der Waals surface area contributed by atoms with E-state index in [0.29, 0.717) is 6.54 Å². The Morgan fingerprint density at radius 1 is 1.22 bits per heavy atom. The smallest absolute Gasteiger partial charge is 0.236 e. The molecular formula is C14H23N3O. The Balaban J connectivity index is 2.35. The van der Waals surface area contributed by atoms with Crippen LogP contribution in [0, 0.1) is 0 Å². The molecule has 0 aliphatic heterocycles. The lowest BCUT2D eigenvalue weighted by molar-refractivity contribution is -0.130. The maximum atomic E-state index is 11.9.